The number of amides is 1. The lowest BCUT2D eigenvalue weighted by atomic mass is 9.44. The lowest BCUT2D eigenvalue weighted by Gasteiger charge is -2.67. The van der Waals surface area contributed by atoms with Gasteiger partial charge in [-0.25, -0.2) is 24.0 Å². The second kappa shape index (κ2) is 22.0. The number of esters is 3. The Bertz CT molecular complexity index is 2510. The summed E-state index contributed by atoms with van der Waals surface area (Å²) in [6.45, 7) is 9.00. The number of rotatable bonds is 12. The molecule has 1 amide bonds. The van der Waals surface area contributed by atoms with Gasteiger partial charge in [-0.2, -0.15) is 0 Å². The van der Waals surface area contributed by atoms with E-state index in [1.54, 1.807) is 45.0 Å². The van der Waals surface area contributed by atoms with Gasteiger partial charge in [-0.1, -0.05) is 132 Å². The van der Waals surface area contributed by atoms with E-state index < -0.39 is 159 Å². The number of carbonyl (C=O) groups excluding carboxylic acids is 7. The summed E-state index contributed by atoms with van der Waals surface area (Å²) in [7, 11) is 0. The first-order valence-corrected chi connectivity index (χ1v) is 25.2. The molecule has 2 bridgehead atoms. The van der Waals surface area contributed by atoms with E-state index in [0.29, 0.717) is 0 Å². The van der Waals surface area contributed by atoms with Crippen LogP contribution in [0.4, 0.5) is 14.4 Å². The lowest BCUT2D eigenvalue weighted by Crippen LogP contribution is -2.82. The molecule has 25 heteroatoms. The van der Waals surface area contributed by atoms with Gasteiger partial charge in [0.1, 0.15) is 54.9 Å². The Morgan fingerprint density at radius 3 is 1.89 bits per heavy atom. The normalized spacial score (nSPS) is 29.2. The lowest BCUT2D eigenvalue weighted by molar-refractivity contribution is -0.346. The van der Waals surface area contributed by atoms with Gasteiger partial charge in [0.05, 0.1) is 23.5 Å². The van der Waals surface area contributed by atoms with E-state index in [-0.39, 0.29) is 22.3 Å². The standard InChI is InChI=1S/C49H55Cl6NO18/c1-24-28(69-39(61)32(56-40(62)74-43(3,4)5)33(58)26-15-11-9-12-16-26)20-47(65)37(72-38(60)27-17-13-10-14-18-27)35-45(8,36(59)34(31(24)44(47,6)7)71-42(64)68-23-49(53,54)55)29(70-41(63)67-22-48(50,51)52)19-30-46(35,21-66-30)73-25(2)57/h9-18,28-30,32-35,37,58,65H,19-23H2,1-8H3,(H,56,62)/t28-,29-,30+,32-,33+,34+,35-,37-,45+,46-,47+/m0/s1. The smallest absolute Gasteiger partial charge is 0.456 e. The van der Waals surface area contributed by atoms with E-state index in [0.717, 1.165) is 6.92 Å². The van der Waals surface area contributed by atoms with Crippen LogP contribution >= 0.6 is 69.6 Å². The third-order valence-corrected chi connectivity index (χ3v) is 14.3. The van der Waals surface area contributed by atoms with E-state index in [1.807, 2.05) is 0 Å². The van der Waals surface area contributed by atoms with Crippen LogP contribution in [0.5, 0.6) is 0 Å². The molecule has 1 aliphatic heterocycles. The van der Waals surface area contributed by atoms with Crippen molar-refractivity contribution in [1.82, 2.24) is 5.32 Å². The van der Waals surface area contributed by atoms with Gasteiger partial charge in [-0.05, 0) is 63.5 Å². The summed E-state index contributed by atoms with van der Waals surface area (Å²) >= 11 is 35.4. The molecular weight excluding hydrogens is 1100 g/mol. The van der Waals surface area contributed by atoms with Gasteiger partial charge in [-0.3, -0.25) is 9.59 Å². The van der Waals surface area contributed by atoms with Crippen LogP contribution in [0.15, 0.2) is 71.8 Å². The largest absolute Gasteiger partial charge is 0.509 e. The number of ether oxygens (including phenoxy) is 9. The van der Waals surface area contributed by atoms with Crippen LogP contribution in [0.2, 0.25) is 0 Å². The highest BCUT2D eigenvalue weighted by Crippen LogP contribution is 2.65. The van der Waals surface area contributed by atoms with E-state index in [2.05, 4.69) is 5.32 Å². The molecule has 2 saturated carbocycles. The van der Waals surface area contributed by atoms with Crippen LogP contribution in [0.1, 0.15) is 90.3 Å². The molecular formula is C49H55Cl6NO18. The molecule has 3 fully saturated rings. The summed E-state index contributed by atoms with van der Waals surface area (Å²) in [6, 6.07) is 13.3. The molecule has 74 heavy (non-hydrogen) atoms. The highest BCUT2D eigenvalue weighted by Gasteiger charge is 2.79. The third-order valence-electron chi connectivity index (χ3n) is 13.7. The maximum atomic E-state index is 16.3. The maximum absolute atomic E-state index is 16.3. The fourth-order valence-corrected chi connectivity index (χ4v) is 10.6. The van der Waals surface area contributed by atoms with Gasteiger partial charge in [-0.15, -0.1) is 0 Å². The van der Waals surface area contributed by atoms with Crippen LogP contribution in [0.3, 0.4) is 0 Å². The number of aliphatic hydroxyl groups excluding tert-OH is 1. The predicted molar refractivity (Wildman–Crippen MR) is 265 cm³/mol. The zero-order chi connectivity index (χ0) is 55.1. The number of fused-ring (bicyclic) bond motifs is 5. The predicted octanol–water partition coefficient (Wildman–Crippen LogP) is 8.32. The number of alkyl halides is 6. The number of alkyl carbamates (subject to hydrolysis) is 1. The van der Waals surface area contributed by atoms with Crippen molar-refractivity contribution < 1.29 is 86.4 Å². The van der Waals surface area contributed by atoms with E-state index in [1.165, 1.54) is 64.1 Å². The van der Waals surface area contributed by atoms with Crippen molar-refractivity contribution in [1.29, 1.82) is 0 Å². The van der Waals surface area contributed by atoms with Crippen LogP contribution < -0.4 is 5.32 Å². The van der Waals surface area contributed by atoms with Gasteiger partial charge in [0.15, 0.2) is 23.5 Å². The second-order valence-corrected chi connectivity index (χ2v) is 25.1. The molecule has 1 heterocycles. The minimum absolute atomic E-state index is 0.0455. The van der Waals surface area contributed by atoms with Crippen molar-refractivity contribution in [2.45, 2.75) is 135 Å². The molecule has 0 aromatic heterocycles. The first kappa shape index (κ1) is 58.9. The van der Waals surface area contributed by atoms with Gasteiger partial charge >= 0.3 is 36.3 Å². The zero-order valence-electron chi connectivity index (χ0n) is 41.1. The van der Waals surface area contributed by atoms with Gasteiger partial charge in [0.2, 0.25) is 7.59 Å². The minimum Gasteiger partial charge on any atom is -0.456 e. The van der Waals surface area contributed by atoms with Crippen molar-refractivity contribution in [3.05, 3.63) is 82.9 Å². The summed E-state index contributed by atoms with van der Waals surface area (Å²) in [6.07, 6.45) is -16.3. The first-order chi connectivity index (χ1) is 34.1. The fraction of sp³-hybridized carbons (Fsp3) is 0.571. The van der Waals surface area contributed by atoms with E-state index in [9.17, 15) is 39.0 Å². The van der Waals surface area contributed by atoms with Gasteiger partial charge in [0, 0.05) is 25.2 Å². The molecule has 0 unspecified atom stereocenters. The quantitative estimate of drug-likeness (QED) is 0.0781. The molecule has 406 valence electrons. The number of carbonyl (C=O) groups is 7. The average molecular weight is 1160 g/mol. The van der Waals surface area contributed by atoms with Crippen LogP contribution in [-0.2, 0) is 57.0 Å². The van der Waals surface area contributed by atoms with Crippen LogP contribution in [0.25, 0.3) is 0 Å². The molecule has 1 saturated heterocycles. The number of hydrogen-bond acceptors (Lipinski definition) is 18. The van der Waals surface area contributed by atoms with Crippen molar-refractivity contribution in [2.24, 2.45) is 16.7 Å². The van der Waals surface area contributed by atoms with E-state index in [4.69, 9.17) is 112 Å². The van der Waals surface area contributed by atoms with Gasteiger partial charge in [0.25, 0.3) is 0 Å². The first-order valence-electron chi connectivity index (χ1n) is 22.9. The molecule has 2 aromatic rings. The summed E-state index contributed by atoms with van der Waals surface area (Å²) in [5.74, 6) is -6.31. The Kier molecular flexibility index (Phi) is 17.5. The monoisotopic (exact) mass is 1160 g/mol. The van der Waals surface area contributed by atoms with E-state index >= 15 is 4.79 Å². The topological polar surface area (TPSA) is 255 Å². The number of aliphatic hydroxyl groups is 2. The Morgan fingerprint density at radius 2 is 1.38 bits per heavy atom. The third kappa shape index (κ3) is 12.4. The molecule has 6 rings (SSSR count). The molecule has 3 N–H and O–H groups in total. The highest BCUT2D eigenvalue weighted by atomic mass is 35.6. The Hall–Kier alpha value is -4.31. The van der Waals surface area contributed by atoms with Crippen molar-refractivity contribution in [3.63, 3.8) is 0 Å². The molecule has 2 aromatic carbocycles. The number of halogens is 6. The Balaban J connectivity index is 1.63. The molecule has 19 nitrogen and oxygen atoms in total. The number of nitrogens with one attached hydrogen (secondary N) is 1. The zero-order valence-corrected chi connectivity index (χ0v) is 45.7. The molecule has 11 atom stereocenters. The van der Waals surface area contributed by atoms with Crippen LogP contribution in [0, 0.1) is 16.7 Å². The van der Waals surface area contributed by atoms with Gasteiger partial charge < -0.3 is 58.2 Å². The number of benzene rings is 2. The Labute approximate surface area is 455 Å². The average Bonchev–Trinajstić information content (AvgIpc) is 3.29. The van der Waals surface area contributed by atoms with Crippen molar-refractivity contribution in [2.75, 3.05) is 19.8 Å². The maximum Gasteiger partial charge on any atom is 0.509 e. The second-order valence-electron chi connectivity index (χ2n) is 20.1. The summed E-state index contributed by atoms with van der Waals surface area (Å²) in [4.78, 5) is 99.9. The van der Waals surface area contributed by atoms with Crippen molar-refractivity contribution in [3.8, 4) is 0 Å². The molecule has 0 radical (unpaired) electrons. The fourth-order valence-electron chi connectivity index (χ4n) is 10.3. The number of ketones is 1. The summed E-state index contributed by atoms with van der Waals surface area (Å²) in [5, 5.41) is 28.2. The minimum atomic E-state index is -2.66. The number of Topliss-reactive ketones (excluding diaryl/α,β-unsaturated/α-hetero) is 1. The highest BCUT2D eigenvalue weighted by molar-refractivity contribution is 6.68. The van der Waals surface area contributed by atoms with Crippen molar-refractivity contribution >= 4 is 112 Å². The molecule has 3 aliphatic carbocycles. The summed E-state index contributed by atoms with van der Waals surface area (Å²) in [5.41, 5.74) is -10.4. The molecule has 0 spiro atoms. The summed E-state index contributed by atoms with van der Waals surface area (Å²) < 4.78 is 48.0. The molecule has 4 aliphatic rings. The Morgan fingerprint density at radius 1 is 0.824 bits per heavy atom. The number of hydrogen-bond donors (Lipinski definition) is 3. The SMILES string of the molecule is CC(=O)O[C@@]12CO[C@@H]1C[C@H](OC(=O)OCC(Cl)(Cl)Cl)[C@@]1(C)C(=O)[C@H](OC(=O)OCC(Cl)(Cl)Cl)C3=C(C)[C@@H](OC(=O)[C@@H](NC(=O)OC(C)(C)C)[C@H](O)c4ccccc4)C[C@@](O)([C@@H](OC(=O)c4ccccc4)[C@H]21)C3(C)C. The van der Waals surface area contributed by atoms with Crippen LogP contribution in [-0.4, -0.2) is 133 Å².